The van der Waals surface area contributed by atoms with E-state index in [1.165, 1.54) is 25.3 Å². The minimum Gasteiger partial charge on any atom is -0.496 e. The molecular formula is C15H14O5S. The van der Waals surface area contributed by atoms with Crippen molar-refractivity contribution in [2.24, 2.45) is 0 Å². The van der Waals surface area contributed by atoms with Gasteiger partial charge in [-0.05, 0) is 24.3 Å². The number of aromatic carboxylic acids is 1. The first-order valence-electron chi connectivity index (χ1n) is 6.12. The molecule has 0 aliphatic carbocycles. The van der Waals surface area contributed by atoms with Crippen LogP contribution >= 0.6 is 0 Å². The van der Waals surface area contributed by atoms with Crippen LogP contribution in [-0.2, 0) is 15.6 Å². The molecule has 0 atom stereocenters. The lowest BCUT2D eigenvalue weighted by atomic mass is 10.2. The van der Waals surface area contributed by atoms with Gasteiger partial charge in [-0.25, -0.2) is 13.2 Å². The number of hydrogen-bond acceptors (Lipinski definition) is 4. The lowest BCUT2D eigenvalue weighted by Gasteiger charge is -2.09. The van der Waals surface area contributed by atoms with Gasteiger partial charge in [0, 0.05) is 5.56 Å². The fraction of sp³-hybridized carbons (Fsp3) is 0.133. The molecule has 0 unspecified atom stereocenters. The summed E-state index contributed by atoms with van der Waals surface area (Å²) in [5, 5.41) is 8.93. The van der Waals surface area contributed by atoms with Gasteiger partial charge in [0.1, 0.15) is 5.75 Å². The summed E-state index contributed by atoms with van der Waals surface area (Å²) in [5.41, 5.74) is 0.469. The van der Waals surface area contributed by atoms with Crippen LogP contribution < -0.4 is 4.74 Å². The summed E-state index contributed by atoms with van der Waals surface area (Å²) in [7, 11) is -2.18. The number of methoxy groups -OCH3 is 1. The first-order valence-corrected chi connectivity index (χ1v) is 7.77. The molecule has 2 aromatic carbocycles. The van der Waals surface area contributed by atoms with Crippen molar-refractivity contribution >= 4 is 15.8 Å². The number of carboxylic acid groups (broad SMARTS) is 1. The highest BCUT2D eigenvalue weighted by atomic mass is 32.2. The van der Waals surface area contributed by atoms with Crippen molar-refractivity contribution in [1.82, 2.24) is 0 Å². The molecule has 0 bridgehead atoms. The number of hydrogen-bond donors (Lipinski definition) is 1. The Balaban J connectivity index is 2.39. The first-order chi connectivity index (χ1) is 9.94. The van der Waals surface area contributed by atoms with Gasteiger partial charge in [0.25, 0.3) is 0 Å². The molecule has 21 heavy (non-hydrogen) atoms. The van der Waals surface area contributed by atoms with E-state index < -0.39 is 15.8 Å². The summed E-state index contributed by atoms with van der Waals surface area (Å²) in [5.74, 6) is -0.931. The third-order valence-corrected chi connectivity index (χ3v) is 4.64. The molecule has 0 saturated heterocycles. The molecule has 0 amide bonds. The zero-order chi connectivity index (χ0) is 15.5. The Kier molecular flexibility index (Phi) is 4.28. The van der Waals surface area contributed by atoms with Gasteiger partial charge in [0.05, 0.1) is 23.3 Å². The average Bonchev–Trinajstić information content (AvgIpc) is 2.47. The molecule has 2 aromatic rings. The molecule has 0 aromatic heterocycles. The summed E-state index contributed by atoms with van der Waals surface area (Å²) >= 11 is 0. The Morgan fingerprint density at radius 2 is 1.86 bits per heavy atom. The third kappa shape index (κ3) is 3.41. The Bertz CT molecular complexity index is 765. The number of carbonyl (C=O) groups is 1. The molecule has 0 aliphatic heterocycles. The van der Waals surface area contributed by atoms with Crippen molar-refractivity contribution in [3.63, 3.8) is 0 Å². The molecule has 0 heterocycles. The van der Waals surface area contributed by atoms with Crippen molar-refractivity contribution in [3.8, 4) is 5.75 Å². The summed E-state index contributed by atoms with van der Waals surface area (Å²) in [4.78, 5) is 10.9. The molecule has 2 rings (SSSR count). The Morgan fingerprint density at radius 1 is 1.14 bits per heavy atom. The lowest BCUT2D eigenvalue weighted by molar-refractivity contribution is 0.0696. The van der Waals surface area contributed by atoms with Crippen molar-refractivity contribution in [1.29, 1.82) is 0 Å². The standard InChI is InChI=1S/C15H14O5S/c1-20-14-8-3-2-5-12(14)10-21(18,19)13-7-4-6-11(9-13)15(16)17/h2-9H,10H2,1H3,(H,16,17). The van der Waals surface area contributed by atoms with E-state index in [1.807, 2.05) is 0 Å². The van der Waals surface area contributed by atoms with Crippen LogP contribution in [0.25, 0.3) is 0 Å². The van der Waals surface area contributed by atoms with E-state index in [0.29, 0.717) is 11.3 Å². The van der Waals surface area contributed by atoms with Gasteiger partial charge in [-0.15, -0.1) is 0 Å². The SMILES string of the molecule is COc1ccccc1CS(=O)(=O)c1cccc(C(=O)O)c1. The zero-order valence-electron chi connectivity index (χ0n) is 11.3. The largest absolute Gasteiger partial charge is 0.496 e. The van der Waals surface area contributed by atoms with Crippen LogP contribution in [-0.4, -0.2) is 26.6 Å². The monoisotopic (exact) mass is 306 g/mol. The van der Waals surface area contributed by atoms with Gasteiger partial charge < -0.3 is 9.84 Å². The Hall–Kier alpha value is -2.34. The minimum absolute atomic E-state index is 0.0201. The average molecular weight is 306 g/mol. The van der Waals surface area contributed by atoms with E-state index in [4.69, 9.17) is 9.84 Å². The Labute approximate surface area is 122 Å². The van der Waals surface area contributed by atoms with Crippen molar-refractivity contribution < 1.29 is 23.1 Å². The Morgan fingerprint density at radius 3 is 2.52 bits per heavy atom. The molecule has 0 aliphatic rings. The van der Waals surface area contributed by atoms with Crippen LogP contribution in [0.1, 0.15) is 15.9 Å². The summed E-state index contributed by atoms with van der Waals surface area (Å²) in [6, 6.07) is 12.1. The van der Waals surface area contributed by atoms with Gasteiger partial charge in [-0.1, -0.05) is 24.3 Å². The van der Waals surface area contributed by atoms with Gasteiger partial charge in [-0.2, -0.15) is 0 Å². The minimum atomic E-state index is -3.65. The van der Waals surface area contributed by atoms with Crippen molar-refractivity contribution in [2.45, 2.75) is 10.6 Å². The van der Waals surface area contributed by atoms with Crippen molar-refractivity contribution in [2.75, 3.05) is 7.11 Å². The maximum atomic E-state index is 12.4. The number of sulfone groups is 1. The number of ether oxygens (including phenoxy) is 1. The molecule has 0 saturated carbocycles. The molecule has 1 N–H and O–H groups in total. The van der Waals surface area contributed by atoms with E-state index in [9.17, 15) is 13.2 Å². The summed E-state index contributed by atoms with van der Waals surface area (Å²) in [6.07, 6.45) is 0. The fourth-order valence-electron chi connectivity index (χ4n) is 1.93. The summed E-state index contributed by atoms with van der Waals surface area (Å²) in [6.45, 7) is 0. The highest BCUT2D eigenvalue weighted by Gasteiger charge is 2.19. The number of carboxylic acids is 1. The zero-order valence-corrected chi connectivity index (χ0v) is 12.1. The van der Waals surface area contributed by atoms with Gasteiger partial charge in [-0.3, -0.25) is 0 Å². The maximum absolute atomic E-state index is 12.4. The van der Waals surface area contributed by atoms with Crippen molar-refractivity contribution in [3.05, 3.63) is 59.7 Å². The smallest absolute Gasteiger partial charge is 0.335 e. The molecule has 0 radical (unpaired) electrons. The number of para-hydroxylation sites is 1. The molecular weight excluding hydrogens is 292 g/mol. The first kappa shape index (κ1) is 15.1. The van der Waals surface area contributed by atoms with Crippen LogP contribution in [0.2, 0.25) is 0 Å². The second-order valence-electron chi connectivity index (χ2n) is 4.40. The lowest BCUT2D eigenvalue weighted by Crippen LogP contribution is -2.07. The van der Waals surface area contributed by atoms with Crippen LogP contribution in [0, 0.1) is 0 Å². The van der Waals surface area contributed by atoms with Crippen LogP contribution in [0.3, 0.4) is 0 Å². The predicted molar refractivity (Wildman–Crippen MR) is 77.3 cm³/mol. The quantitative estimate of drug-likeness (QED) is 0.917. The third-order valence-electron chi connectivity index (χ3n) is 2.98. The highest BCUT2D eigenvalue weighted by Crippen LogP contribution is 2.24. The van der Waals surface area contributed by atoms with E-state index in [1.54, 1.807) is 24.3 Å². The second-order valence-corrected chi connectivity index (χ2v) is 6.39. The summed E-state index contributed by atoms with van der Waals surface area (Å²) < 4.78 is 29.9. The highest BCUT2D eigenvalue weighted by molar-refractivity contribution is 7.90. The molecule has 5 nitrogen and oxygen atoms in total. The maximum Gasteiger partial charge on any atom is 0.335 e. The molecule has 0 fully saturated rings. The molecule has 6 heteroatoms. The topological polar surface area (TPSA) is 80.7 Å². The van der Waals surface area contributed by atoms with Crippen LogP contribution in [0.5, 0.6) is 5.75 Å². The normalized spacial score (nSPS) is 11.1. The van der Waals surface area contributed by atoms with Crippen LogP contribution in [0.15, 0.2) is 53.4 Å². The van der Waals surface area contributed by atoms with E-state index in [2.05, 4.69) is 0 Å². The predicted octanol–water partition coefficient (Wildman–Crippen LogP) is 2.37. The number of benzene rings is 2. The van der Waals surface area contributed by atoms with Gasteiger partial charge in [0.15, 0.2) is 9.84 Å². The molecule has 110 valence electrons. The second kappa shape index (κ2) is 5.97. The van der Waals surface area contributed by atoms with Gasteiger partial charge in [0.2, 0.25) is 0 Å². The van der Waals surface area contributed by atoms with E-state index >= 15 is 0 Å². The van der Waals surface area contributed by atoms with E-state index in [0.717, 1.165) is 6.07 Å². The van der Waals surface area contributed by atoms with Gasteiger partial charge >= 0.3 is 5.97 Å². The van der Waals surface area contributed by atoms with Crippen LogP contribution in [0.4, 0.5) is 0 Å². The number of rotatable bonds is 5. The molecule has 0 spiro atoms. The fourth-order valence-corrected chi connectivity index (χ4v) is 3.34. The van der Waals surface area contributed by atoms with E-state index in [-0.39, 0.29) is 16.2 Å².